The van der Waals surface area contributed by atoms with Crippen LogP contribution in [0.4, 0.5) is 13.2 Å². The molecule has 3 aromatic carbocycles. The number of hydrogen-bond donors (Lipinski definition) is 0. The van der Waals surface area contributed by atoms with Crippen LogP contribution in [0.15, 0.2) is 84.0 Å². The summed E-state index contributed by atoms with van der Waals surface area (Å²) in [5.41, 5.74) is 2.36. The lowest BCUT2D eigenvalue weighted by Crippen LogP contribution is -2.25. The van der Waals surface area contributed by atoms with Gasteiger partial charge in [0.2, 0.25) is 18.0 Å². The van der Waals surface area contributed by atoms with Gasteiger partial charge in [0, 0.05) is 29.0 Å². The Kier molecular flexibility index (Phi) is 5.83. The number of fused-ring (bicyclic) bond motifs is 1. The summed E-state index contributed by atoms with van der Waals surface area (Å²) < 4.78 is 50.3. The molecule has 1 aliphatic heterocycles. The van der Waals surface area contributed by atoms with Gasteiger partial charge in [0.1, 0.15) is 5.75 Å². The van der Waals surface area contributed by atoms with Crippen molar-refractivity contribution in [3.8, 4) is 17.0 Å². The van der Waals surface area contributed by atoms with Crippen molar-refractivity contribution in [3.05, 3.63) is 95.6 Å². The highest BCUT2D eigenvalue weighted by molar-refractivity contribution is 5.97. The molecular weight excluding hydrogens is 471 g/mol. The zero-order valence-corrected chi connectivity index (χ0v) is 19.3. The third-order valence-electron chi connectivity index (χ3n) is 5.83. The molecule has 36 heavy (non-hydrogen) atoms. The smallest absolute Gasteiger partial charge is 0.416 e. The summed E-state index contributed by atoms with van der Waals surface area (Å²) in [5, 5.41) is 6.25. The van der Waals surface area contributed by atoms with Gasteiger partial charge in [-0.25, -0.2) is 4.98 Å². The molecule has 0 saturated heterocycles. The van der Waals surface area contributed by atoms with Crippen LogP contribution in [0.1, 0.15) is 29.8 Å². The summed E-state index contributed by atoms with van der Waals surface area (Å²) in [6, 6.07) is 21.1. The first-order valence-electron chi connectivity index (χ1n) is 11.0. The second-order valence-electron chi connectivity index (χ2n) is 8.16. The summed E-state index contributed by atoms with van der Waals surface area (Å²) in [6.45, 7) is 1.35. The van der Waals surface area contributed by atoms with E-state index in [2.05, 4.69) is 5.10 Å². The molecule has 1 amide bonds. The number of rotatable bonds is 4. The van der Waals surface area contributed by atoms with Gasteiger partial charge < -0.3 is 9.47 Å². The van der Waals surface area contributed by atoms with E-state index in [0.29, 0.717) is 28.1 Å². The third-order valence-corrected chi connectivity index (χ3v) is 5.83. The van der Waals surface area contributed by atoms with E-state index >= 15 is 0 Å². The number of carbonyl (C=O) groups excluding carboxylic acids is 1. The Bertz CT molecular complexity index is 1470. The average Bonchev–Trinajstić information content (AvgIpc) is 3.33. The maximum atomic E-state index is 13.0. The fourth-order valence-corrected chi connectivity index (χ4v) is 4.00. The molecule has 0 saturated carbocycles. The molecule has 1 unspecified atom stereocenters. The van der Waals surface area contributed by atoms with Gasteiger partial charge in [0.25, 0.3) is 0 Å². The first kappa shape index (κ1) is 23.3. The monoisotopic (exact) mass is 491 g/mol. The van der Waals surface area contributed by atoms with Crippen molar-refractivity contribution in [1.29, 1.82) is 0 Å². The third kappa shape index (κ3) is 4.35. The average molecular weight is 491 g/mol. The summed E-state index contributed by atoms with van der Waals surface area (Å²) in [7, 11) is 1.59. The number of ether oxygens (including phenoxy) is 2. The SMILES string of the molecule is COc1ccc(-c2cc(C3OC(c4ccc(C(F)(F)F)cc4)=NN3C(C)=O)c3ccccc3n2)cc1. The summed E-state index contributed by atoms with van der Waals surface area (Å²) in [4.78, 5) is 17.3. The van der Waals surface area contributed by atoms with Crippen molar-refractivity contribution in [3.63, 3.8) is 0 Å². The zero-order valence-electron chi connectivity index (χ0n) is 19.3. The standard InChI is InChI=1S/C27H20F3N3O3/c1-16(34)33-26(36-25(32-33)18-7-11-19(12-8-18)27(28,29)30)22-15-24(17-9-13-20(35-2)14-10-17)31-23-6-4-3-5-21(22)23/h3-15,26H,1-2H3. The number of carbonyl (C=O) groups is 1. The lowest BCUT2D eigenvalue weighted by Gasteiger charge is -2.21. The molecule has 182 valence electrons. The largest absolute Gasteiger partial charge is 0.497 e. The molecule has 1 aromatic heterocycles. The van der Waals surface area contributed by atoms with Crippen molar-refractivity contribution in [2.45, 2.75) is 19.3 Å². The highest BCUT2D eigenvalue weighted by Gasteiger charge is 2.35. The normalized spacial score (nSPS) is 15.5. The van der Waals surface area contributed by atoms with E-state index in [4.69, 9.17) is 14.5 Å². The van der Waals surface area contributed by atoms with E-state index in [1.54, 1.807) is 7.11 Å². The molecule has 0 radical (unpaired) electrons. The van der Waals surface area contributed by atoms with Gasteiger partial charge in [-0.05, 0) is 60.7 Å². The number of aromatic nitrogens is 1. The van der Waals surface area contributed by atoms with Crippen LogP contribution in [0, 0.1) is 0 Å². The molecule has 0 spiro atoms. The summed E-state index contributed by atoms with van der Waals surface area (Å²) in [5.74, 6) is 0.376. The van der Waals surface area contributed by atoms with Gasteiger partial charge in [-0.2, -0.15) is 18.2 Å². The highest BCUT2D eigenvalue weighted by Crippen LogP contribution is 2.37. The molecule has 0 N–H and O–H groups in total. The molecule has 0 bridgehead atoms. The number of para-hydroxylation sites is 1. The molecule has 5 rings (SSSR count). The highest BCUT2D eigenvalue weighted by atomic mass is 19.4. The Balaban J connectivity index is 1.57. The van der Waals surface area contributed by atoms with Crippen LogP contribution in [-0.4, -0.2) is 28.9 Å². The van der Waals surface area contributed by atoms with E-state index in [1.807, 2.05) is 54.6 Å². The van der Waals surface area contributed by atoms with Crippen LogP contribution in [-0.2, 0) is 15.7 Å². The number of alkyl halides is 3. The molecule has 1 atom stereocenters. The molecular formula is C27H20F3N3O3. The Morgan fingerprint density at radius 2 is 1.64 bits per heavy atom. The molecule has 9 heteroatoms. The van der Waals surface area contributed by atoms with Crippen molar-refractivity contribution in [2.24, 2.45) is 5.10 Å². The van der Waals surface area contributed by atoms with Crippen molar-refractivity contribution in [1.82, 2.24) is 9.99 Å². The van der Waals surface area contributed by atoms with Gasteiger partial charge >= 0.3 is 6.18 Å². The predicted octanol–water partition coefficient (Wildman–Crippen LogP) is 6.17. The number of amides is 1. The quantitative estimate of drug-likeness (QED) is 0.343. The van der Waals surface area contributed by atoms with E-state index in [-0.39, 0.29) is 11.8 Å². The maximum absolute atomic E-state index is 13.0. The molecule has 0 fully saturated rings. The number of nitrogens with zero attached hydrogens (tertiary/aromatic N) is 3. The molecule has 0 aliphatic carbocycles. The van der Waals surface area contributed by atoms with Crippen molar-refractivity contribution >= 4 is 22.7 Å². The minimum absolute atomic E-state index is 0.0517. The van der Waals surface area contributed by atoms with Crippen LogP contribution in [0.5, 0.6) is 5.75 Å². The van der Waals surface area contributed by atoms with E-state index < -0.39 is 18.0 Å². The number of hydrogen-bond acceptors (Lipinski definition) is 5. The number of benzene rings is 3. The van der Waals surface area contributed by atoms with Crippen molar-refractivity contribution < 1.29 is 27.4 Å². The Labute approximate surface area is 204 Å². The van der Waals surface area contributed by atoms with E-state index in [1.165, 1.54) is 24.1 Å². The Morgan fingerprint density at radius 3 is 2.28 bits per heavy atom. The van der Waals surface area contributed by atoms with Crippen LogP contribution in [0.25, 0.3) is 22.2 Å². The minimum atomic E-state index is -4.46. The Morgan fingerprint density at radius 1 is 0.972 bits per heavy atom. The topological polar surface area (TPSA) is 64.0 Å². The van der Waals surface area contributed by atoms with Gasteiger partial charge in [0.15, 0.2) is 0 Å². The number of methoxy groups -OCH3 is 1. The minimum Gasteiger partial charge on any atom is -0.497 e. The van der Waals surface area contributed by atoms with E-state index in [9.17, 15) is 18.0 Å². The summed E-state index contributed by atoms with van der Waals surface area (Å²) in [6.07, 6.45) is -5.39. The van der Waals surface area contributed by atoms with Gasteiger partial charge in [0.05, 0.1) is 23.9 Å². The fourth-order valence-electron chi connectivity index (χ4n) is 4.00. The zero-order chi connectivity index (χ0) is 25.4. The second kappa shape index (κ2) is 8.99. The summed E-state index contributed by atoms with van der Waals surface area (Å²) >= 11 is 0. The van der Waals surface area contributed by atoms with Crippen LogP contribution >= 0.6 is 0 Å². The number of pyridine rings is 1. The van der Waals surface area contributed by atoms with Crippen LogP contribution in [0.3, 0.4) is 0 Å². The molecule has 6 nitrogen and oxygen atoms in total. The van der Waals surface area contributed by atoms with Crippen LogP contribution in [0.2, 0.25) is 0 Å². The fraction of sp³-hybridized carbons (Fsp3) is 0.148. The Hall–Kier alpha value is -4.40. The van der Waals surface area contributed by atoms with Gasteiger partial charge in [-0.15, -0.1) is 5.10 Å². The first-order chi connectivity index (χ1) is 17.2. The predicted molar refractivity (Wildman–Crippen MR) is 128 cm³/mol. The molecule has 4 aromatic rings. The molecule has 1 aliphatic rings. The van der Waals surface area contributed by atoms with Crippen LogP contribution < -0.4 is 4.74 Å². The maximum Gasteiger partial charge on any atom is 0.416 e. The second-order valence-corrected chi connectivity index (χ2v) is 8.16. The number of halogens is 3. The lowest BCUT2D eigenvalue weighted by atomic mass is 10.0. The first-order valence-corrected chi connectivity index (χ1v) is 11.0. The number of hydrazone groups is 1. The lowest BCUT2D eigenvalue weighted by molar-refractivity contribution is -0.137. The van der Waals surface area contributed by atoms with Gasteiger partial charge in [-0.3, -0.25) is 4.79 Å². The van der Waals surface area contributed by atoms with Crippen molar-refractivity contribution in [2.75, 3.05) is 7.11 Å². The molecule has 2 heterocycles. The van der Waals surface area contributed by atoms with E-state index in [0.717, 1.165) is 23.1 Å². The van der Waals surface area contributed by atoms with Gasteiger partial charge in [-0.1, -0.05) is 18.2 Å².